The van der Waals surface area contributed by atoms with Crippen LogP contribution in [-0.4, -0.2) is 19.3 Å². The monoisotopic (exact) mass is 328 g/mol. The number of carbonyl (C=O) groups is 1. The van der Waals surface area contributed by atoms with Crippen LogP contribution in [0.4, 0.5) is 0 Å². The van der Waals surface area contributed by atoms with Crippen LogP contribution < -0.4 is 0 Å². The van der Waals surface area contributed by atoms with Crippen LogP contribution in [0.5, 0.6) is 0 Å². The van der Waals surface area contributed by atoms with E-state index in [9.17, 15) is 13.2 Å². The lowest BCUT2D eigenvalue weighted by Crippen LogP contribution is -1.99. The number of esters is 1. The van der Waals surface area contributed by atoms with Crippen molar-refractivity contribution in [1.29, 1.82) is 0 Å². The Labute approximate surface area is 135 Å². The fraction of sp³-hybridized carbons (Fsp3) is 0.647. The Morgan fingerprint density at radius 1 is 0.955 bits per heavy atom. The third-order valence-corrected chi connectivity index (χ3v) is 3.94. The van der Waals surface area contributed by atoms with Crippen LogP contribution in [0.15, 0.2) is 24.0 Å². The Balaban J connectivity index is 3.80. The summed E-state index contributed by atoms with van der Waals surface area (Å²) in [5.41, 5.74) is 0.874. The first-order chi connectivity index (χ1) is 10.3. The van der Waals surface area contributed by atoms with Crippen molar-refractivity contribution in [3.05, 3.63) is 24.0 Å². The van der Waals surface area contributed by atoms with Crippen LogP contribution in [0.3, 0.4) is 0 Å². The molecule has 5 heteroatoms. The van der Waals surface area contributed by atoms with Gasteiger partial charge in [0.1, 0.15) is 5.76 Å². The largest absolute Gasteiger partial charge is 0.431 e. The first kappa shape index (κ1) is 20.6. The van der Waals surface area contributed by atoms with E-state index >= 15 is 0 Å². The van der Waals surface area contributed by atoms with Gasteiger partial charge >= 0.3 is 5.97 Å². The Kier molecular flexibility index (Phi) is 11.5. The van der Waals surface area contributed by atoms with Gasteiger partial charge in [0.15, 0.2) is 0 Å². The molecule has 0 radical (unpaired) electrons. The van der Waals surface area contributed by atoms with E-state index in [0.29, 0.717) is 17.0 Å². The highest BCUT2D eigenvalue weighted by Gasteiger charge is 2.03. The summed E-state index contributed by atoms with van der Waals surface area (Å²) < 4.78 is 26.4. The van der Waals surface area contributed by atoms with Crippen LogP contribution >= 0.6 is 0 Å². The van der Waals surface area contributed by atoms with E-state index in [0.717, 1.165) is 50.5 Å². The van der Waals surface area contributed by atoms with Crippen molar-refractivity contribution in [2.75, 3.05) is 0 Å². The van der Waals surface area contributed by atoms with Crippen LogP contribution in [-0.2, 0) is 19.8 Å². The number of hydrogen-bond acceptors (Lipinski definition) is 4. The minimum atomic E-state index is -2.02. The van der Waals surface area contributed by atoms with Crippen LogP contribution in [0.25, 0.3) is 0 Å². The second-order valence-electron chi connectivity index (χ2n) is 5.61. The van der Waals surface area contributed by atoms with Gasteiger partial charge in [0, 0.05) is 18.2 Å². The minimum Gasteiger partial charge on any atom is -0.431 e. The molecule has 0 aliphatic heterocycles. The number of ether oxygens (including phenoxy) is 1. The van der Waals surface area contributed by atoms with Gasteiger partial charge in [0.05, 0.1) is 0 Å². The van der Waals surface area contributed by atoms with Gasteiger partial charge in [0.25, 0.3) is 0 Å². The Bertz CT molecular complexity index is 519. The zero-order valence-corrected chi connectivity index (χ0v) is 14.8. The molecule has 4 nitrogen and oxygen atoms in total. The fourth-order valence-electron chi connectivity index (χ4n) is 2.08. The summed E-state index contributed by atoms with van der Waals surface area (Å²) in [6.07, 6.45) is 9.45. The molecule has 0 unspecified atom stereocenters. The van der Waals surface area contributed by atoms with E-state index in [1.165, 1.54) is 6.92 Å². The number of rotatable bonds is 11. The van der Waals surface area contributed by atoms with Gasteiger partial charge < -0.3 is 4.74 Å². The molecule has 0 spiro atoms. The summed E-state index contributed by atoms with van der Waals surface area (Å²) in [5, 5.41) is 0. The molecule has 22 heavy (non-hydrogen) atoms. The summed E-state index contributed by atoms with van der Waals surface area (Å²) in [6.45, 7) is 8.73. The SMILES string of the molecule is C=C(C)C=C(CCCCCCCCC(C)=S(=O)=O)OC(C)=O. The number of carbonyl (C=O) groups excluding carboxylic acids is 1. The van der Waals surface area contributed by atoms with Crippen LogP contribution in [0, 0.1) is 0 Å². The summed E-state index contributed by atoms with van der Waals surface area (Å²) in [7, 11) is -2.02. The molecule has 0 bridgehead atoms. The number of hydrogen-bond donors (Lipinski definition) is 0. The molecule has 0 N–H and O–H groups in total. The molecular weight excluding hydrogens is 300 g/mol. The maximum Gasteiger partial charge on any atom is 0.307 e. The van der Waals surface area contributed by atoms with E-state index in [4.69, 9.17) is 4.74 Å². The standard InChI is InChI=1S/C17H28O4S/c1-14(2)13-17(21-16(4)18)12-10-8-6-5-7-9-11-15(3)22(19)20/h13H,1,5-12H2,2-4H3. The first-order valence-corrected chi connectivity index (χ1v) is 8.86. The summed E-state index contributed by atoms with van der Waals surface area (Å²) in [6, 6.07) is 0. The second kappa shape index (κ2) is 12.2. The maximum atomic E-state index is 11.0. The van der Waals surface area contributed by atoms with Crippen LogP contribution in [0.1, 0.15) is 72.1 Å². The molecule has 0 saturated heterocycles. The Hall–Kier alpha value is -1.36. The first-order valence-electron chi connectivity index (χ1n) is 7.79. The molecule has 0 amide bonds. The molecule has 0 aromatic rings. The molecule has 0 aromatic carbocycles. The van der Waals surface area contributed by atoms with Crippen molar-refractivity contribution in [2.45, 2.75) is 72.1 Å². The maximum absolute atomic E-state index is 11.0. The third-order valence-electron chi connectivity index (χ3n) is 3.17. The van der Waals surface area contributed by atoms with E-state index in [-0.39, 0.29) is 5.97 Å². The Morgan fingerprint density at radius 3 is 1.91 bits per heavy atom. The molecule has 0 aliphatic carbocycles. The van der Waals surface area contributed by atoms with E-state index in [1.807, 2.05) is 13.0 Å². The van der Waals surface area contributed by atoms with E-state index in [1.54, 1.807) is 6.92 Å². The van der Waals surface area contributed by atoms with Gasteiger partial charge in [-0.05, 0) is 39.2 Å². The molecule has 0 atom stereocenters. The normalized spacial score (nSPS) is 11.1. The summed E-state index contributed by atoms with van der Waals surface area (Å²) in [5.74, 6) is 0.387. The highest BCUT2D eigenvalue weighted by atomic mass is 32.2. The van der Waals surface area contributed by atoms with Crippen molar-refractivity contribution in [1.82, 2.24) is 0 Å². The molecule has 0 aliphatic rings. The molecule has 0 heterocycles. The lowest BCUT2D eigenvalue weighted by atomic mass is 10.1. The molecule has 0 saturated carbocycles. The minimum absolute atomic E-state index is 0.296. The summed E-state index contributed by atoms with van der Waals surface area (Å²) in [4.78, 5) is 11.5. The second-order valence-corrected chi connectivity index (χ2v) is 6.78. The zero-order chi connectivity index (χ0) is 17.0. The predicted molar refractivity (Wildman–Crippen MR) is 91.2 cm³/mol. The van der Waals surface area contributed by atoms with Crippen molar-refractivity contribution in [2.24, 2.45) is 0 Å². The van der Waals surface area contributed by atoms with Crippen molar-refractivity contribution < 1.29 is 17.9 Å². The average molecular weight is 328 g/mol. The Morgan fingerprint density at radius 2 is 1.45 bits per heavy atom. The van der Waals surface area contributed by atoms with Gasteiger partial charge in [-0.25, -0.2) is 0 Å². The lowest BCUT2D eigenvalue weighted by Gasteiger charge is -2.07. The van der Waals surface area contributed by atoms with E-state index < -0.39 is 10.3 Å². The fourth-order valence-corrected chi connectivity index (χ4v) is 2.39. The highest BCUT2D eigenvalue weighted by Crippen LogP contribution is 2.15. The van der Waals surface area contributed by atoms with Gasteiger partial charge in [-0.15, -0.1) is 0 Å². The number of unbranched alkanes of at least 4 members (excludes halogenated alkanes) is 5. The highest BCUT2D eigenvalue weighted by molar-refractivity contribution is 7.72. The lowest BCUT2D eigenvalue weighted by molar-refractivity contribution is -0.137. The zero-order valence-electron chi connectivity index (χ0n) is 14.0. The van der Waals surface area contributed by atoms with Crippen molar-refractivity contribution in [3.8, 4) is 0 Å². The molecule has 126 valence electrons. The average Bonchev–Trinajstić information content (AvgIpc) is 2.39. The van der Waals surface area contributed by atoms with Gasteiger partial charge in [0.2, 0.25) is 10.3 Å². The number of allylic oxidation sites excluding steroid dienone is 3. The third kappa shape index (κ3) is 12.4. The topological polar surface area (TPSA) is 60.4 Å². The van der Waals surface area contributed by atoms with Gasteiger partial charge in [-0.3, -0.25) is 4.79 Å². The smallest absolute Gasteiger partial charge is 0.307 e. The quantitative estimate of drug-likeness (QED) is 0.187. The molecule has 0 aromatic heterocycles. The van der Waals surface area contributed by atoms with Gasteiger partial charge in [-0.1, -0.05) is 37.8 Å². The van der Waals surface area contributed by atoms with Gasteiger partial charge in [-0.2, -0.15) is 8.42 Å². The molecule has 0 fully saturated rings. The predicted octanol–water partition coefficient (Wildman–Crippen LogP) is 4.20. The van der Waals surface area contributed by atoms with Crippen molar-refractivity contribution in [3.63, 3.8) is 0 Å². The van der Waals surface area contributed by atoms with Crippen molar-refractivity contribution >= 4 is 21.1 Å². The van der Waals surface area contributed by atoms with E-state index in [2.05, 4.69) is 6.58 Å². The molecular formula is C17H28O4S. The van der Waals surface area contributed by atoms with Crippen LogP contribution in [0.2, 0.25) is 0 Å². The molecule has 0 rings (SSSR count). The summed E-state index contributed by atoms with van der Waals surface area (Å²) >= 11 is 0.